The Morgan fingerprint density at radius 1 is 1.14 bits per heavy atom. The molecule has 3 rings (SSSR count). The molecular weight excluding hydrogens is 274 g/mol. The summed E-state index contributed by atoms with van der Waals surface area (Å²) in [6.07, 6.45) is 2.36. The Morgan fingerprint density at radius 3 is 2.64 bits per heavy atom. The fourth-order valence-corrected chi connectivity index (χ4v) is 2.48. The number of H-pyrrole nitrogens is 1. The van der Waals surface area contributed by atoms with Gasteiger partial charge in [-0.2, -0.15) is 5.26 Å². The number of carbonyl (C=O) groups is 1. The third kappa shape index (κ3) is 2.84. The van der Waals surface area contributed by atoms with Crippen molar-refractivity contribution in [2.45, 2.75) is 12.5 Å². The Labute approximate surface area is 128 Å². The van der Waals surface area contributed by atoms with Crippen molar-refractivity contribution < 1.29 is 4.79 Å². The van der Waals surface area contributed by atoms with E-state index >= 15 is 0 Å². The zero-order valence-corrected chi connectivity index (χ0v) is 11.9. The Kier molecular flexibility index (Phi) is 3.88. The molecule has 0 aliphatic carbocycles. The molecule has 4 heteroatoms. The molecule has 22 heavy (non-hydrogen) atoms. The van der Waals surface area contributed by atoms with E-state index in [0.29, 0.717) is 12.0 Å². The van der Waals surface area contributed by atoms with E-state index in [1.54, 1.807) is 24.3 Å². The van der Waals surface area contributed by atoms with Gasteiger partial charge in [-0.1, -0.05) is 36.4 Å². The molecule has 2 N–H and O–H groups in total. The number of nitrogens with one attached hydrogen (secondary N) is 2. The maximum atomic E-state index is 12.1. The Balaban J connectivity index is 1.75. The molecule has 4 nitrogen and oxygen atoms in total. The number of rotatable bonds is 4. The number of aromatic amines is 1. The van der Waals surface area contributed by atoms with Crippen molar-refractivity contribution in [3.05, 3.63) is 71.9 Å². The van der Waals surface area contributed by atoms with Crippen LogP contribution in [0.2, 0.25) is 0 Å². The summed E-state index contributed by atoms with van der Waals surface area (Å²) in [5.74, 6) is -0.230. The maximum Gasteiger partial charge on any atom is 0.252 e. The lowest BCUT2D eigenvalue weighted by molar-refractivity contribution is 0.0945. The molecular formula is C18H15N3O. The number of nitriles is 1. The molecule has 0 aliphatic heterocycles. The van der Waals surface area contributed by atoms with E-state index in [9.17, 15) is 10.1 Å². The molecule has 0 saturated carbocycles. The van der Waals surface area contributed by atoms with Gasteiger partial charge in [0.1, 0.15) is 6.04 Å². The third-order valence-electron chi connectivity index (χ3n) is 3.60. The zero-order valence-electron chi connectivity index (χ0n) is 11.9. The number of aromatic nitrogens is 1. The first kappa shape index (κ1) is 13.9. The molecule has 0 bridgehead atoms. The van der Waals surface area contributed by atoms with Gasteiger partial charge in [-0.05, 0) is 23.8 Å². The second kappa shape index (κ2) is 6.15. The van der Waals surface area contributed by atoms with Gasteiger partial charge in [0.25, 0.3) is 5.91 Å². The van der Waals surface area contributed by atoms with E-state index in [0.717, 1.165) is 16.5 Å². The number of nitrogens with zero attached hydrogens (tertiary/aromatic N) is 1. The SMILES string of the molecule is N#CC(Cc1c[nH]c2ccccc12)NC(=O)c1ccccc1. The quantitative estimate of drug-likeness (QED) is 0.775. The Bertz CT molecular complexity index is 830. The van der Waals surface area contributed by atoms with E-state index in [-0.39, 0.29) is 5.91 Å². The summed E-state index contributed by atoms with van der Waals surface area (Å²) in [4.78, 5) is 15.3. The second-order valence-corrected chi connectivity index (χ2v) is 5.08. The largest absolute Gasteiger partial charge is 0.361 e. The molecule has 1 heterocycles. The average molecular weight is 289 g/mol. The van der Waals surface area contributed by atoms with E-state index < -0.39 is 6.04 Å². The summed E-state index contributed by atoms with van der Waals surface area (Å²) in [5, 5.41) is 13.2. The van der Waals surface area contributed by atoms with Crippen molar-refractivity contribution in [3.63, 3.8) is 0 Å². The van der Waals surface area contributed by atoms with Crippen LogP contribution in [0.5, 0.6) is 0 Å². The van der Waals surface area contributed by atoms with Crippen LogP contribution in [-0.2, 0) is 6.42 Å². The highest BCUT2D eigenvalue weighted by Gasteiger charge is 2.15. The number of carbonyl (C=O) groups excluding carboxylic acids is 1. The van der Waals surface area contributed by atoms with Crippen LogP contribution in [0.1, 0.15) is 15.9 Å². The molecule has 1 atom stereocenters. The third-order valence-corrected chi connectivity index (χ3v) is 3.60. The normalized spacial score (nSPS) is 11.8. The van der Waals surface area contributed by atoms with Gasteiger partial charge in [-0.25, -0.2) is 0 Å². The number of amides is 1. The van der Waals surface area contributed by atoms with Crippen LogP contribution in [0.15, 0.2) is 60.8 Å². The van der Waals surface area contributed by atoms with Gasteiger partial charge in [0.2, 0.25) is 0 Å². The molecule has 0 saturated heterocycles. The monoisotopic (exact) mass is 289 g/mol. The number of hydrogen-bond donors (Lipinski definition) is 2. The minimum Gasteiger partial charge on any atom is -0.361 e. The summed E-state index contributed by atoms with van der Waals surface area (Å²) < 4.78 is 0. The lowest BCUT2D eigenvalue weighted by Gasteiger charge is -2.11. The van der Waals surface area contributed by atoms with Crippen LogP contribution in [0, 0.1) is 11.3 Å². The van der Waals surface area contributed by atoms with Crippen LogP contribution in [-0.4, -0.2) is 16.9 Å². The van der Waals surface area contributed by atoms with Gasteiger partial charge < -0.3 is 10.3 Å². The highest BCUT2D eigenvalue weighted by Crippen LogP contribution is 2.19. The topological polar surface area (TPSA) is 68.7 Å². The first-order valence-corrected chi connectivity index (χ1v) is 7.08. The fraction of sp³-hybridized carbons (Fsp3) is 0.111. The van der Waals surface area contributed by atoms with Crippen LogP contribution < -0.4 is 5.32 Å². The van der Waals surface area contributed by atoms with Crippen molar-refractivity contribution >= 4 is 16.8 Å². The number of benzene rings is 2. The Morgan fingerprint density at radius 2 is 1.86 bits per heavy atom. The molecule has 3 aromatic rings. The Hall–Kier alpha value is -3.06. The summed E-state index contributed by atoms with van der Waals surface area (Å²) in [7, 11) is 0. The van der Waals surface area contributed by atoms with Crippen LogP contribution in [0.25, 0.3) is 10.9 Å². The summed E-state index contributed by atoms with van der Waals surface area (Å²) in [5.41, 5.74) is 2.61. The summed E-state index contributed by atoms with van der Waals surface area (Å²) in [6.45, 7) is 0. The molecule has 1 amide bonds. The first-order chi connectivity index (χ1) is 10.8. The van der Waals surface area contributed by atoms with Crippen LogP contribution >= 0.6 is 0 Å². The standard InChI is InChI=1S/C18H15N3O/c19-11-15(21-18(22)13-6-2-1-3-7-13)10-14-12-20-17-9-5-4-8-16(14)17/h1-9,12,15,20H,10H2,(H,21,22). The second-order valence-electron chi connectivity index (χ2n) is 5.08. The predicted molar refractivity (Wildman–Crippen MR) is 85.3 cm³/mol. The van der Waals surface area contributed by atoms with Crippen molar-refractivity contribution in [1.29, 1.82) is 5.26 Å². The minimum absolute atomic E-state index is 0.230. The minimum atomic E-state index is -0.563. The van der Waals surface area contributed by atoms with Gasteiger partial charge in [0.05, 0.1) is 6.07 Å². The zero-order chi connectivity index (χ0) is 15.4. The van der Waals surface area contributed by atoms with Crippen LogP contribution in [0.4, 0.5) is 0 Å². The summed E-state index contributed by atoms with van der Waals surface area (Å²) in [6, 6.07) is 18.4. The van der Waals surface area contributed by atoms with Crippen molar-refractivity contribution in [2.24, 2.45) is 0 Å². The lowest BCUT2D eigenvalue weighted by atomic mass is 10.1. The van der Waals surface area contributed by atoms with E-state index in [1.165, 1.54) is 0 Å². The van der Waals surface area contributed by atoms with Crippen LogP contribution in [0.3, 0.4) is 0 Å². The highest BCUT2D eigenvalue weighted by atomic mass is 16.1. The molecule has 2 aromatic carbocycles. The maximum absolute atomic E-state index is 12.1. The molecule has 0 spiro atoms. The van der Waals surface area contributed by atoms with E-state index in [2.05, 4.69) is 16.4 Å². The predicted octanol–water partition coefficient (Wildman–Crippen LogP) is 3.03. The average Bonchev–Trinajstić information content (AvgIpc) is 2.98. The fourth-order valence-electron chi connectivity index (χ4n) is 2.48. The number of fused-ring (bicyclic) bond motifs is 1. The van der Waals surface area contributed by atoms with E-state index in [4.69, 9.17) is 0 Å². The highest BCUT2D eigenvalue weighted by molar-refractivity contribution is 5.94. The molecule has 108 valence electrons. The van der Waals surface area contributed by atoms with Gasteiger partial charge >= 0.3 is 0 Å². The molecule has 0 fully saturated rings. The van der Waals surface area contributed by atoms with Crippen molar-refractivity contribution in [2.75, 3.05) is 0 Å². The smallest absolute Gasteiger partial charge is 0.252 e. The molecule has 1 aromatic heterocycles. The molecule has 0 radical (unpaired) electrons. The lowest BCUT2D eigenvalue weighted by Crippen LogP contribution is -2.35. The van der Waals surface area contributed by atoms with Gasteiger partial charge in [0.15, 0.2) is 0 Å². The van der Waals surface area contributed by atoms with E-state index in [1.807, 2.05) is 36.5 Å². The van der Waals surface area contributed by atoms with Gasteiger partial charge in [0, 0.05) is 29.1 Å². The first-order valence-electron chi connectivity index (χ1n) is 7.08. The number of para-hydroxylation sites is 1. The molecule has 0 aliphatic rings. The summed E-state index contributed by atoms with van der Waals surface area (Å²) >= 11 is 0. The van der Waals surface area contributed by atoms with Crippen molar-refractivity contribution in [1.82, 2.24) is 10.3 Å². The number of hydrogen-bond acceptors (Lipinski definition) is 2. The van der Waals surface area contributed by atoms with Crippen molar-refractivity contribution in [3.8, 4) is 6.07 Å². The van der Waals surface area contributed by atoms with Gasteiger partial charge in [-0.3, -0.25) is 4.79 Å². The van der Waals surface area contributed by atoms with Gasteiger partial charge in [-0.15, -0.1) is 0 Å². The molecule has 1 unspecified atom stereocenters.